The van der Waals surface area contributed by atoms with Crippen molar-refractivity contribution in [2.75, 3.05) is 11.9 Å². The summed E-state index contributed by atoms with van der Waals surface area (Å²) in [7, 11) is 0. The maximum absolute atomic E-state index is 13.7. The van der Waals surface area contributed by atoms with Crippen molar-refractivity contribution in [2.45, 2.75) is 46.1 Å². The lowest BCUT2D eigenvalue weighted by atomic mass is 10.0. The molecule has 0 unspecified atom stereocenters. The van der Waals surface area contributed by atoms with Gasteiger partial charge in [0.15, 0.2) is 11.3 Å². The first-order valence-corrected chi connectivity index (χ1v) is 13.4. The Morgan fingerprint density at radius 2 is 1.76 bits per heavy atom. The van der Waals surface area contributed by atoms with E-state index >= 15 is 0 Å². The van der Waals surface area contributed by atoms with Crippen molar-refractivity contribution in [3.05, 3.63) is 80.5 Å². The molecule has 0 aliphatic heterocycles. The van der Waals surface area contributed by atoms with E-state index in [0.717, 1.165) is 21.6 Å². The standard InChI is InChI=1S/C28H28ClN3O5S/c1-6-36-26(34)23-21-15-38-24(30-27(35)28(4,5)37-20-13-9-18(29)10-14-20)22(21)25(33)32(31-23)19-11-7-17(8-12-19)16(2)3/h7-16H,6H2,1-5H3,(H,30,35). The first-order valence-electron chi connectivity index (χ1n) is 12.1. The lowest BCUT2D eigenvalue weighted by molar-refractivity contribution is -0.128. The van der Waals surface area contributed by atoms with Crippen LogP contribution in [0.4, 0.5) is 5.00 Å². The lowest BCUT2D eigenvalue weighted by Crippen LogP contribution is -2.42. The molecule has 4 rings (SSSR count). The van der Waals surface area contributed by atoms with Crippen LogP contribution in [0.5, 0.6) is 5.75 Å². The molecular weight excluding hydrogens is 526 g/mol. The number of rotatable bonds is 8. The van der Waals surface area contributed by atoms with Crippen LogP contribution in [0.25, 0.3) is 16.5 Å². The molecule has 0 radical (unpaired) electrons. The van der Waals surface area contributed by atoms with E-state index in [1.807, 2.05) is 12.1 Å². The predicted molar refractivity (Wildman–Crippen MR) is 150 cm³/mol. The van der Waals surface area contributed by atoms with Crippen LogP contribution in [0.3, 0.4) is 0 Å². The number of nitrogens with zero attached hydrogens (tertiary/aromatic N) is 2. The van der Waals surface area contributed by atoms with Gasteiger partial charge in [0.25, 0.3) is 11.5 Å². The predicted octanol–water partition coefficient (Wildman–Crippen LogP) is 6.20. The van der Waals surface area contributed by atoms with Crippen molar-refractivity contribution < 1.29 is 19.1 Å². The molecule has 0 aliphatic rings. The molecule has 1 N–H and O–H groups in total. The fraction of sp³-hybridized carbons (Fsp3) is 0.286. The minimum atomic E-state index is -1.28. The number of amides is 1. The van der Waals surface area contributed by atoms with Gasteiger partial charge < -0.3 is 14.8 Å². The van der Waals surface area contributed by atoms with Gasteiger partial charge in [-0.2, -0.15) is 9.78 Å². The molecule has 0 fully saturated rings. The van der Waals surface area contributed by atoms with E-state index in [2.05, 4.69) is 24.3 Å². The van der Waals surface area contributed by atoms with E-state index in [0.29, 0.717) is 27.8 Å². The molecule has 0 saturated carbocycles. The fourth-order valence-electron chi connectivity index (χ4n) is 3.76. The zero-order valence-electron chi connectivity index (χ0n) is 21.7. The highest BCUT2D eigenvalue weighted by Gasteiger charge is 2.32. The molecular formula is C28H28ClN3O5S. The number of esters is 1. The molecule has 0 saturated heterocycles. The number of carbonyl (C=O) groups is 2. The molecule has 38 heavy (non-hydrogen) atoms. The Bertz CT molecular complexity index is 1540. The molecule has 10 heteroatoms. The summed E-state index contributed by atoms with van der Waals surface area (Å²) in [5.74, 6) is -0.361. The Morgan fingerprint density at radius 3 is 2.37 bits per heavy atom. The summed E-state index contributed by atoms with van der Waals surface area (Å²) >= 11 is 7.06. The zero-order chi connectivity index (χ0) is 27.6. The molecule has 4 aromatic rings. The van der Waals surface area contributed by atoms with Gasteiger partial charge in [-0.25, -0.2) is 4.79 Å². The Kier molecular flexibility index (Phi) is 7.89. The third kappa shape index (κ3) is 5.58. The number of carbonyl (C=O) groups excluding carboxylic acids is 2. The molecule has 2 aromatic heterocycles. The van der Waals surface area contributed by atoms with Crippen molar-refractivity contribution in [1.29, 1.82) is 0 Å². The van der Waals surface area contributed by atoms with Gasteiger partial charge in [-0.3, -0.25) is 9.59 Å². The quantitative estimate of drug-likeness (QED) is 0.261. The smallest absolute Gasteiger partial charge is 0.359 e. The Morgan fingerprint density at radius 1 is 1.11 bits per heavy atom. The summed E-state index contributed by atoms with van der Waals surface area (Å²) in [4.78, 5) is 39.7. The highest BCUT2D eigenvalue weighted by atomic mass is 35.5. The first-order chi connectivity index (χ1) is 18.0. The topological polar surface area (TPSA) is 99.5 Å². The number of ether oxygens (including phenoxy) is 2. The number of thiophene rings is 1. The second kappa shape index (κ2) is 11.0. The molecule has 2 aromatic carbocycles. The Hall–Kier alpha value is -3.69. The van der Waals surface area contributed by atoms with E-state index in [-0.39, 0.29) is 22.7 Å². The largest absolute Gasteiger partial charge is 0.478 e. The normalized spacial score (nSPS) is 11.6. The Balaban J connectivity index is 1.77. The lowest BCUT2D eigenvalue weighted by Gasteiger charge is -2.25. The van der Waals surface area contributed by atoms with Crippen molar-refractivity contribution in [1.82, 2.24) is 9.78 Å². The highest BCUT2D eigenvalue weighted by molar-refractivity contribution is 7.16. The first kappa shape index (κ1) is 27.3. The Labute approximate surface area is 229 Å². The van der Waals surface area contributed by atoms with Gasteiger partial charge >= 0.3 is 5.97 Å². The second-order valence-electron chi connectivity index (χ2n) is 9.41. The molecule has 1 amide bonds. The molecule has 0 aliphatic carbocycles. The van der Waals surface area contributed by atoms with Crippen LogP contribution < -0.4 is 15.6 Å². The molecule has 0 spiro atoms. The number of halogens is 1. The van der Waals surface area contributed by atoms with Crippen molar-refractivity contribution in [3.63, 3.8) is 0 Å². The van der Waals surface area contributed by atoms with Crippen LogP contribution in [0, 0.1) is 0 Å². The molecule has 8 nitrogen and oxygen atoms in total. The zero-order valence-corrected chi connectivity index (χ0v) is 23.3. The van der Waals surface area contributed by atoms with E-state index in [4.69, 9.17) is 21.1 Å². The summed E-state index contributed by atoms with van der Waals surface area (Å²) in [6.07, 6.45) is 0. The number of benzene rings is 2. The van der Waals surface area contributed by atoms with E-state index < -0.39 is 23.0 Å². The van der Waals surface area contributed by atoms with Gasteiger partial charge in [-0.1, -0.05) is 37.6 Å². The molecule has 2 heterocycles. The van der Waals surface area contributed by atoms with Gasteiger partial charge in [0, 0.05) is 15.8 Å². The van der Waals surface area contributed by atoms with E-state index in [1.165, 1.54) is 0 Å². The molecule has 0 bridgehead atoms. The monoisotopic (exact) mass is 553 g/mol. The number of fused-ring (bicyclic) bond motifs is 1. The number of aromatic nitrogens is 2. The maximum Gasteiger partial charge on any atom is 0.359 e. The van der Waals surface area contributed by atoms with Gasteiger partial charge in [-0.05, 0) is 68.7 Å². The SMILES string of the molecule is CCOC(=O)c1nn(-c2ccc(C(C)C)cc2)c(=O)c2c(NC(=O)C(C)(C)Oc3ccc(Cl)cc3)scc12. The second-order valence-corrected chi connectivity index (χ2v) is 10.7. The number of nitrogens with one attached hydrogen (secondary N) is 1. The van der Waals surface area contributed by atoms with Crippen LogP contribution >= 0.6 is 22.9 Å². The van der Waals surface area contributed by atoms with Crippen molar-refractivity contribution >= 4 is 50.6 Å². The minimum absolute atomic E-state index is 0.0113. The third-order valence-electron chi connectivity index (χ3n) is 5.89. The highest BCUT2D eigenvalue weighted by Crippen LogP contribution is 2.32. The average molecular weight is 554 g/mol. The average Bonchev–Trinajstić information content (AvgIpc) is 3.30. The van der Waals surface area contributed by atoms with E-state index in [1.54, 1.807) is 62.5 Å². The van der Waals surface area contributed by atoms with Crippen molar-refractivity contribution in [2.24, 2.45) is 0 Å². The summed E-state index contributed by atoms with van der Waals surface area (Å²) in [5, 5.41) is 10.1. The number of hydrogen-bond donors (Lipinski definition) is 1. The van der Waals surface area contributed by atoms with E-state index in [9.17, 15) is 14.4 Å². The fourth-order valence-corrected chi connectivity index (χ4v) is 4.82. The third-order valence-corrected chi connectivity index (χ3v) is 7.03. The summed E-state index contributed by atoms with van der Waals surface area (Å²) < 4.78 is 12.3. The summed E-state index contributed by atoms with van der Waals surface area (Å²) in [6.45, 7) is 9.22. The van der Waals surface area contributed by atoms with Crippen molar-refractivity contribution in [3.8, 4) is 11.4 Å². The van der Waals surface area contributed by atoms with Crippen LogP contribution in [-0.4, -0.2) is 33.9 Å². The van der Waals surface area contributed by atoms with Crippen LogP contribution in [0.1, 0.15) is 56.6 Å². The van der Waals surface area contributed by atoms with Crippen LogP contribution in [-0.2, 0) is 9.53 Å². The summed E-state index contributed by atoms with van der Waals surface area (Å²) in [6, 6.07) is 14.0. The van der Waals surface area contributed by atoms with Crippen LogP contribution in [0.15, 0.2) is 58.7 Å². The minimum Gasteiger partial charge on any atom is -0.478 e. The van der Waals surface area contributed by atoms with Gasteiger partial charge in [-0.15, -0.1) is 11.3 Å². The number of hydrogen-bond acceptors (Lipinski definition) is 7. The number of anilines is 1. The van der Waals surface area contributed by atoms with Gasteiger partial charge in [0.05, 0.1) is 17.7 Å². The van der Waals surface area contributed by atoms with Crippen LogP contribution in [0.2, 0.25) is 5.02 Å². The molecule has 0 atom stereocenters. The maximum atomic E-state index is 13.7. The van der Waals surface area contributed by atoms with Gasteiger partial charge in [0.1, 0.15) is 10.8 Å². The summed E-state index contributed by atoms with van der Waals surface area (Å²) in [5.41, 5.74) is -0.185. The van der Waals surface area contributed by atoms with Gasteiger partial charge in [0.2, 0.25) is 0 Å². The molecule has 198 valence electrons.